The van der Waals surface area contributed by atoms with Crippen LogP contribution in [0.5, 0.6) is 0 Å². The molecule has 1 fully saturated rings. The SMILES string of the molecule is O=C(Nc1ccccc1C(=O)N1CCC(C(=O)c2ccccc2)CC1)c1cccs1. The van der Waals surface area contributed by atoms with E-state index in [9.17, 15) is 14.4 Å². The molecule has 6 heteroatoms. The molecule has 0 saturated carbocycles. The van der Waals surface area contributed by atoms with Gasteiger partial charge >= 0.3 is 0 Å². The van der Waals surface area contributed by atoms with Crippen LogP contribution in [0.3, 0.4) is 0 Å². The first-order valence-electron chi connectivity index (χ1n) is 9.96. The molecule has 1 aromatic heterocycles. The van der Waals surface area contributed by atoms with Crippen molar-refractivity contribution in [2.75, 3.05) is 18.4 Å². The summed E-state index contributed by atoms with van der Waals surface area (Å²) in [5.41, 5.74) is 1.70. The highest BCUT2D eigenvalue weighted by molar-refractivity contribution is 7.12. The molecule has 0 atom stereocenters. The smallest absolute Gasteiger partial charge is 0.265 e. The van der Waals surface area contributed by atoms with Crippen LogP contribution in [0.4, 0.5) is 5.69 Å². The molecule has 1 N–H and O–H groups in total. The molecule has 2 amide bonds. The number of thiophene rings is 1. The van der Waals surface area contributed by atoms with Gasteiger partial charge in [0.15, 0.2) is 5.78 Å². The number of carbonyl (C=O) groups excluding carboxylic acids is 3. The number of para-hydroxylation sites is 1. The molecule has 0 unspecified atom stereocenters. The number of amides is 2. The fourth-order valence-electron chi connectivity index (χ4n) is 3.72. The second-order valence-electron chi connectivity index (χ2n) is 7.27. The number of Topliss-reactive ketones (excluding diaryl/α,β-unsaturated/α-hetero) is 1. The average Bonchev–Trinajstić information content (AvgIpc) is 3.34. The Morgan fingerprint density at radius 2 is 1.57 bits per heavy atom. The summed E-state index contributed by atoms with van der Waals surface area (Å²) in [5, 5.41) is 4.69. The number of benzene rings is 2. The zero-order valence-corrected chi connectivity index (χ0v) is 17.2. The van der Waals surface area contributed by atoms with Crippen LogP contribution in [-0.2, 0) is 0 Å². The summed E-state index contributed by atoms with van der Waals surface area (Å²) in [6.07, 6.45) is 1.28. The lowest BCUT2D eigenvalue weighted by Gasteiger charge is -2.32. The Balaban J connectivity index is 1.42. The number of anilines is 1. The van der Waals surface area contributed by atoms with E-state index in [0.717, 1.165) is 5.56 Å². The minimum absolute atomic E-state index is 0.0646. The van der Waals surface area contributed by atoms with Crippen molar-refractivity contribution >= 4 is 34.6 Å². The molecule has 0 aliphatic carbocycles. The topological polar surface area (TPSA) is 66.5 Å². The number of nitrogens with one attached hydrogen (secondary N) is 1. The third-order valence-electron chi connectivity index (χ3n) is 5.36. The van der Waals surface area contributed by atoms with Gasteiger partial charge in [-0.1, -0.05) is 48.5 Å². The summed E-state index contributed by atoms with van der Waals surface area (Å²) in [7, 11) is 0. The van der Waals surface area contributed by atoms with Crippen molar-refractivity contribution in [2.24, 2.45) is 5.92 Å². The van der Waals surface area contributed by atoms with Crippen LogP contribution < -0.4 is 5.32 Å². The van der Waals surface area contributed by atoms with Gasteiger partial charge in [0.2, 0.25) is 0 Å². The van der Waals surface area contributed by atoms with E-state index in [2.05, 4.69) is 5.32 Å². The Hall–Kier alpha value is -3.25. The van der Waals surface area contributed by atoms with E-state index < -0.39 is 0 Å². The Morgan fingerprint density at radius 3 is 2.27 bits per heavy atom. The monoisotopic (exact) mass is 418 g/mol. The van der Waals surface area contributed by atoms with Crippen LogP contribution in [0.25, 0.3) is 0 Å². The van der Waals surface area contributed by atoms with Gasteiger partial charge in [0, 0.05) is 24.6 Å². The van der Waals surface area contributed by atoms with Crippen molar-refractivity contribution in [3.8, 4) is 0 Å². The third kappa shape index (κ3) is 4.33. The first-order valence-corrected chi connectivity index (χ1v) is 10.8. The molecule has 1 aliphatic rings. The average molecular weight is 419 g/mol. The van der Waals surface area contributed by atoms with Crippen LogP contribution in [0.15, 0.2) is 72.1 Å². The van der Waals surface area contributed by atoms with Gasteiger partial charge in [0.05, 0.1) is 16.1 Å². The van der Waals surface area contributed by atoms with Crippen molar-refractivity contribution in [1.29, 1.82) is 0 Å². The van der Waals surface area contributed by atoms with Crippen LogP contribution in [0.2, 0.25) is 0 Å². The molecular weight excluding hydrogens is 396 g/mol. The fraction of sp³-hybridized carbons (Fsp3) is 0.208. The van der Waals surface area contributed by atoms with Gasteiger partial charge < -0.3 is 10.2 Å². The van der Waals surface area contributed by atoms with Crippen LogP contribution in [0.1, 0.15) is 43.2 Å². The summed E-state index contributed by atoms with van der Waals surface area (Å²) in [5.74, 6) is -0.267. The van der Waals surface area contributed by atoms with E-state index >= 15 is 0 Å². The molecule has 1 aliphatic heterocycles. The molecule has 2 heterocycles. The second-order valence-corrected chi connectivity index (χ2v) is 8.22. The molecule has 0 radical (unpaired) electrons. The van der Waals surface area contributed by atoms with Crippen molar-refractivity contribution in [3.63, 3.8) is 0 Å². The first-order chi connectivity index (χ1) is 14.6. The molecule has 0 bridgehead atoms. The van der Waals surface area contributed by atoms with Gasteiger partial charge in [-0.2, -0.15) is 0 Å². The van der Waals surface area contributed by atoms with Gasteiger partial charge in [-0.05, 0) is 36.4 Å². The van der Waals surface area contributed by atoms with E-state index in [-0.39, 0.29) is 23.5 Å². The number of hydrogen-bond donors (Lipinski definition) is 1. The largest absolute Gasteiger partial charge is 0.339 e. The molecule has 2 aromatic carbocycles. The van der Waals surface area contributed by atoms with Crippen LogP contribution in [0, 0.1) is 5.92 Å². The Labute approximate surface area is 179 Å². The number of nitrogens with zero attached hydrogens (tertiary/aromatic N) is 1. The number of rotatable bonds is 5. The molecule has 1 saturated heterocycles. The summed E-state index contributed by atoms with van der Waals surface area (Å²) in [6.45, 7) is 1.05. The quantitative estimate of drug-likeness (QED) is 0.609. The van der Waals surface area contributed by atoms with Crippen molar-refractivity contribution in [1.82, 2.24) is 4.90 Å². The highest BCUT2D eigenvalue weighted by Gasteiger charge is 2.29. The molecule has 3 aromatic rings. The third-order valence-corrected chi connectivity index (χ3v) is 6.23. The number of likely N-dealkylation sites (tertiary alicyclic amines) is 1. The van der Waals surface area contributed by atoms with E-state index in [1.807, 2.05) is 41.8 Å². The number of hydrogen-bond acceptors (Lipinski definition) is 4. The van der Waals surface area contributed by atoms with Crippen molar-refractivity contribution < 1.29 is 14.4 Å². The Kier molecular flexibility index (Phi) is 6.05. The second kappa shape index (κ2) is 9.05. The molecule has 5 nitrogen and oxygen atoms in total. The van der Waals surface area contributed by atoms with Gasteiger partial charge in [0.25, 0.3) is 11.8 Å². The predicted octanol–water partition coefficient (Wildman–Crippen LogP) is 4.74. The van der Waals surface area contributed by atoms with E-state index in [1.165, 1.54) is 11.3 Å². The highest BCUT2D eigenvalue weighted by atomic mass is 32.1. The van der Waals surface area contributed by atoms with Crippen LogP contribution >= 0.6 is 11.3 Å². The standard InChI is InChI=1S/C24H22N2O3S/c27-22(17-7-2-1-3-8-17)18-12-14-26(15-13-18)24(29)19-9-4-5-10-20(19)25-23(28)21-11-6-16-30-21/h1-11,16,18H,12-15H2,(H,25,28). The van der Waals surface area contributed by atoms with E-state index in [0.29, 0.717) is 42.1 Å². The van der Waals surface area contributed by atoms with E-state index in [1.54, 1.807) is 35.2 Å². The molecular formula is C24H22N2O3S. The van der Waals surface area contributed by atoms with Gasteiger partial charge in [-0.15, -0.1) is 11.3 Å². The summed E-state index contributed by atoms with van der Waals surface area (Å²) < 4.78 is 0. The Bertz CT molecular complexity index is 1040. The Morgan fingerprint density at radius 1 is 0.867 bits per heavy atom. The van der Waals surface area contributed by atoms with Crippen LogP contribution in [-0.4, -0.2) is 35.6 Å². The normalized spacial score (nSPS) is 14.3. The first kappa shape index (κ1) is 20.0. The summed E-state index contributed by atoms with van der Waals surface area (Å²) in [6, 6.07) is 19.9. The number of piperidine rings is 1. The molecule has 152 valence electrons. The molecule has 30 heavy (non-hydrogen) atoms. The van der Waals surface area contributed by atoms with Gasteiger partial charge in [0.1, 0.15) is 0 Å². The highest BCUT2D eigenvalue weighted by Crippen LogP contribution is 2.25. The molecule has 4 rings (SSSR count). The maximum Gasteiger partial charge on any atom is 0.265 e. The zero-order chi connectivity index (χ0) is 20.9. The molecule has 0 spiro atoms. The minimum atomic E-state index is -0.225. The number of carbonyl (C=O) groups is 3. The maximum absolute atomic E-state index is 13.1. The lowest BCUT2D eigenvalue weighted by Crippen LogP contribution is -2.40. The summed E-state index contributed by atoms with van der Waals surface area (Å²) >= 11 is 1.35. The van der Waals surface area contributed by atoms with E-state index in [4.69, 9.17) is 0 Å². The lowest BCUT2D eigenvalue weighted by atomic mass is 9.88. The zero-order valence-electron chi connectivity index (χ0n) is 16.4. The van der Waals surface area contributed by atoms with Crippen molar-refractivity contribution in [2.45, 2.75) is 12.8 Å². The summed E-state index contributed by atoms with van der Waals surface area (Å²) in [4.78, 5) is 40.6. The van der Waals surface area contributed by atoms with Gasteiger partial charge in [-0.3, -0.25) is 14.4 Å². The number of ketones is 1. The predicted molar refractivity (Wildman–Crippen MR) is 118 cm³/mol. The van der Waals surface area contributed by atoms with Crippen molar-refractivity contribution in [3.05, 3.63) is 88.1 Å². The maximum atomic E-state index is 13.1. The van der Waals surface area contributed by atoms with Gasteiger partial charge in [-0.25, -0.2) is 0 Å². The fourth-order valence-corrected chi connectivity index (χ4v) is 4.34. The lowest BCUT2D eigenvalue weighted by molar-refractivity contribution is 0.0651. The minimum Gasteiger partial charge on any atom is -0.339 e.